The van der Waals surface area contributed by atoms with Gasteiger partial charge in [-0.3, -0.25) is 9.20 Å². The van der Waals surface area contributed by atoms with Gasteiger partial charge in [-0.15, -0.1) is 0 Å². The maximum absolute atomic E-state index is 12.1. The van der Waals surface area contributed by atoms with Crippen LogP contribution < -0.4 is 10.6 Å². The molecule has 2 aliphatic rings. The summed E-state index contributed by atoms with van der Waals surface area (Å²) in [6.07, 6.45) is 7.08. The van der Waals surface area contributed by atoms with Crippen molar-refractivity contribution in [2.45, 2.75) is 70.6 Å². The molecular weight excluding hydrogens is 332 g/mol. The molecule has 3 unspecified atom stereocenters. The molecule has 0 aromatic carbocycles. The van der Waals surface area contributed by atoms with Crippen molar-refractivity contribution in [3.8, 4) is 0 Å². The molecule has 0 radical (unpaired) electrons. The molecule has 6 heteroatoms. The zero-order valence-corrected chi connectivity index (χ0v) is 17.2. The van der Waals surface area contributed by atoms with Gasteiger partial charge in [0.05, 0.1) is 6.54 Å². The molecule has 0 spiro atoms. The summed E-state index contributed by atoms with van der Waals surface area (Å²) in [5.74, 6) is 2.59. The molecule has 25 heavy (non-hydrogen) atoms. The number of likely N-dealkylation sites (tertiary alicyclic amines) is 1. The second-order valence-corrected chi connectivity index (χ2v) is 9.59. The molecule has 1 heterocycles. The lowest BCUT2D eigenvalue weighted by molar-refractivity contribution is 0.197. The van der Waals surface area contributed by atoms with Gasteiger partial charge in [0.2, 0.25) is 0 Å². The average molecular weight is 371 g/mol. The van der Waals surface area contributed by atoms with Crippen LogP contribution in [0.2, 0.25) is 0 Å². The Labute approximate surface area is 156 Å². The van der Waals surface area contributed by atoms with Gasteiger partial charge in [-0.1, -0.05) is 20.3 Å². The Morgan fingerprint density at radius 3 is 2.64 bits per heavy atom. The molecular formula is C19H38N4OS. The van der Waals surface area contributed by atoms with Crippen LogP contribution in [0.25, 0.3) is 0 Å². The van der Waals surface area contributed by atoms with Crippen molar-refractivity contribution in [1.82, 2.24) is 15.5 Å². The number of aliphatic imine (C=N–C) groups is 1. The average Bonchev–Trinajstić information content (AvgIpc) is 2.63. The van der Waals surface area contributed by atoms with E-state index in [1.165, 1.54) is 32.4 Å². The molecule has 0 amide bonds. The minimum Gasteiger partial charge on any atom is -0.357 e. The minimum absolute atomic E-state index is 0.356. The van der Waals surface area contributed by atoms with Crippen molar-refractivity contribution >= 4 is 16.8 Å². The first-order valence-electron chi connectivity index (χ1n) is 10.3. The summed E-state index contributed by atoms with van der Waals surface area (Å²) in [7, 11) is -0.671. The van der Waals surface area contributed by atoms with E-state index in [9.17, 15) is 4.21 Å². The van der Waals surface area contributed by atoms with Crippen LogP contribution >= 0.6 is 0 Å². The van der Waals surface area contributed by atoms with Gasteiger partial charge in [0.25, 0.3) is 0 Å². The van der Waals surface area contributed by atoms with Crippen molar-refractivity contribution in [1.29, 1.82) is 0 Å². The molecule has 1 saturated carbocycles. The second kappa shape index (κ2) is 11.2. The minimum atomic E-state index is -0.671. The first kappa shape index (κ1) is 20.7. The van der Waals surface area contributed by atoms with E-state index in [-0.39, 0.29) is 0 Å². The standard InChI is InChI=1S/C19H38N4OS/c1-4-20-19(21-11-14-23-12-9-16(3)10-13-23)22-17-7-6-8-18(15-17)25(24)5-2/h16-18H,4-15H2,1-3H3,(H2,20,21,22). The fourth-order valence-electron chi connectivity index (χ4n) is 3.85. The SMILES string of the molecule is CCNC(=NCCN1CCC(C)CC1)NC1CCCC(S(=O)CC)C1. The first-order valence-corrected chi connectivity index (χ1v) is 11.6. The molecule has 2 rings (SSSR count). The van der Waals surface area contributed by atoms with E-state index < -0.39 is 10.8 Å². The third-order valence-corrected chi connectivity index (χ3v) is 7.27. The van der Waals surface area contributed by atoms with Crippen LogP contribution in [0.5, 0.6) is 0 Å². The zero-order chi connectivity index (χ0) is 18.1. The van der Waals surface area contributed by atoms with Gasteiger partial charge in [-0.2, -0.15) is 0 Å². The first-order chi connectivity index (χ1) is 12.1. The maximum Gasteiger partial charge on any atom is 0.191 e. The van der Waals surface area contributed by atoms with Gasteiger partial charge in [0.1, 0.15) is 0 Å². The number of nitrogens with one attached hydrogen (secondary N) is 2. The van der Waals surface area contributed by atoms with Gasteiger partial charge < -0.3 is 15.5 Å². The van der Waals surface area contributed by atoms with Crippen molar-refractivity contribution in [3.63, 3.8) is 0 Å². The van der Waals surface area contributed by atoms with Crippen LogP contribution in [-0.4, -0.2) is 64.8 Å². The fourth-order valence-corrected chi connectivity index (χ4v) is 5.20. The molecule has 2 N–H and O–H groups in total. The third kappa shape index (κ3) is 7.26. The molecule has 0 aromatic rings. The molecule has 2 fully saturated rings. The molecule has 146 valence electrons. The van der Waals surface area contributed by atoms with Gasteiger partial charge in [0.15, 0.2) is 5.96 Å². The van der Waals surface area contributed by atoms with E-state index in [0.717, 1.165) is 56.5 Å². The Bertz CT molecular complexity index is 435. The summed E-state index contributed by atoms with van der Waals surface area (Å²) >= 11 is 0. The van der Waals surface area contributed by atoms with Gasteiger partial charge >= 0.3 is 0 Å². The van der Waals surface area contributed by atoms with E-state index in [1.54, 1.807) is 0 Å². The highest BCUT2D eigenvalue weighted by Gasteiger charge is 2.26. The summed E-state index contributed by atoms with van der Waals surface area (Å²) in [4.78, 5) is 7.32. The highest BCUT2D eigenvalue weighted by molar-refractivity contribution is 7.85. The number of nitrogens with zero attached hydrogens (tertiary/aromatic N) is 2. The summed E-state index contributed by atoms with van der Waals surface area (Å²) < 4.78 is 12.1. The zero-order valence-electron chi connectivity index (χ0n) is 16.4. The highest BCUT2D eigenvalue weighted by atomic mass is 32.2. The number of rotatable bonds is 7. The van der Waals surface area contributed by atoms with Crippen molar-refractivity contribution in [2.24, 2.45) is 10.9 Å². The topological polar surface area (TPSA) is 56.7 Å². The summed E-state index contributed by atoms with van der Waals surface area (Å²) in [6, 6.07) is 0.405. The van der Waals surface area contributed by atoms with E-state index in [2.05, 4.69) is 29.4 Å². The molecule has 3 atom stereocenters. The molecule has 1 saturated heterocycles. The summed E-state index contributed by atoms with van der Waals surface area (Å²) in [6.45, 7) is 11.7. The smallest absolute Gasteiger partial charge is 0.191 e. The molecule has 1 aliphatic carbocycles. The van der Waals surface area contributed by atoms with Crippen molar-refractivity contribution in [2.75, 3.05) is 38.5 Å². The Balaban J connectivity index is 1.79. The molecule has 0 aromatic heterocycles. The lowest BCUT2D eigenvalue weighted by atomic mass is 9.95. The lowest BCUT2D eigenvalue weighted by Gasteiger charge is -2.31. The Morgan fingerprint density at radius 2 is 1.96 bits per heavy atom. The quantitative estimate of drug-likeness (QED) is 0.533. The van der Waals surface area contributed by atoms with Gasteiger partial charge in [-0.05, 0) is 58.0 Å². The van der Waals surface area contributed by atoms with E-state index in [0.29, 0.717) is 11.3 Å². The predicted octanol–water partition coefficient (Wildman–Crippen LogP) is 2.35. The van der Waals surface area contributed by atoms with Crippen molar-refractivity contribution in [3.05, 3.63) is 0 Å². The van der Waals surface area contributed by atoms with E-state index >= 15 is 0 Å². The van der Waals surface area contributed by atoms with Crippen LogP contribution in [0.4, 0.5) is 0 Å². The fraction of sp³-hybridized carbons (Fsp3) is 0.947. The third-order valence-electron chi connectivity index (χ3n) is 5.53. The van der Waals surface area contributed by atoms with Gasteiger partial charge in [0, 0.05) is 40.9 Å². The number of hydrogen-bond donors (Lipinski definition) is 2. The molecule has 5 nitrogen and oxygen atoms in total. The second-order valence-electron chi connectivity index (χ2n) is 7.58. The normalized spacial score (nSPS) is 27.9. The van der Waals surface area contributed by atoms with Crippen LogP contribution in [-0.2, 0) is 10.8 Å². The van der Waals surface area contributed by atoms with Crippen molar-refractivity contribution < 1.29 is 4.21 Å². The monoisotopic (exact) mass is 370 g/mol. The maximum atomic E-state index is 12.1. The van der Waals surface area contributed by atoms with Crippen LogP contribution in [0.15, 0.2) is 4.99 Å². The summed E-state index contributed by atoms with van der Waals surface area (Å²) in [5, 5.41) is 7.33. The summed E-state index contributed by atoms with van der Waals surface area (Å²) in [5.41, 5.74) is 0. The predicted molar refractivity (Wildman–Crippen MR) is 109 cm³/mol. The Hall–Kier alpha value is -0.620. The van der Waals surface area contributed by atoms with E-state index in [4.69, 9.17) is 4.99 Å². The lowest BCUT2D eigenvalue weighted by Crippen LogP contribution is -2.47. The molecule has 1 aliphatic heterocycles. The van der Waals surface area contributed by atoms with Crippen LogP contribution in [0, 0.1) is 5.92 Å². The number of hydrogen-bond acceptors (Lipinski definition) is 3. The van der Waals surface area contributed by atoms with E-state index in [1.807, 2.05) is 6.92 Å². The Kier molecular flexibility index (Phi) is 9.24. The number of guanidine groups is 1. The van der Waals surface area contributed by atoms with Gasteiger partial charge in [-0.25, -0.2) is 0 Å². The largest absolute Gasteiger partial charge is 0.357 e. The number of piperidine rings is 1. The van der Waals surface area contributed by atoms with Crippen LogP contribution in [0.3, 0.4) is 0 Å². The molecule has 0 bridgehead atoms. The van der Waals surface area contributed by atoms with Crippen LogP contribution in [0.1, 0.15) is 59.3 Å². The Morgan fingerprint density at radius 1 is 1.20 bits per heavy atom. The highest BCUT2D eigenvalue weighted by Crippen LogP contribution is 2.23.